The summed E-state index contributed by atoms with van der Waals surface area (Å²) in [6.45, 7) is 5.88. The Hall–Kier alpha value is -1.31. The molecule has 1 unspecified atom stereocenters. The van der Waals surface area contributed by atoms with Crippen LogP contribution in [0.2, 0.25) is 5.02 Å². The number of aliphatic imine (C=N–C) groups is 1. The summed E-state index contributed by atoms with van der Waals surface area (Å²) in [6, 6.07) is 4.76. The van der Waals surface area contributed by atoms with E-state index in [2.05, 4.69) is 4.99 Å². The molecule has 1 aromatic carbocycles. The summed E-state index contributed by atoms with van der Waals surface area (Å²) in [5.74, 6) is 0.462. The number of guanidine groups is 1. The van der Waals surface area contributed by atoms with E-state index in [1.165, 1.54) is 6.07 Å². The Morgan fingerprint density at radius 2 is 2.22 bits per heavy atom. The first kappa shape index (κ1) is 18.0. The van der Waals surface area contributed by atoms with Crippen molar-refractivity contribution in [3.8, 4) is 0 Å². The third-order valence-electron chi connectivity index (χ3n) is 3.66. The summed E-state index contributed by atoms with van der Waals surface area (Å²) in [5, 5.41) is 0.378. The van der Waals surface area contributed by atoms with E-state index in [1.54, 1.807) is 19.1 Å². The van der Waals surface area contributed by atoms with Crippen LogP contribution in [0.5, 0.6) is 0 Å². The second kappa shape index (κ2) is 7.51. The smallest absolute Gasteiger partial charge is 0.191 e. The second-order valence-corrected chi connectivity index (χ2v) is 8.22. The fourth-order valence-corrected chi connectivity index (χ4v) is 3.65. The highest BCUT2D eigenvalue weighted by atomic mass is 35.5. The molecule has 1 saturated heterocycles. The predicted molar refractivity (Wildman–Crippen MR) is 91.5 cm³/mol. The fourth-order valence-electron chi connectivity index (χ4n) is 2.36. The minimum Gasteiger partial charge on any atom is -0.375 e. The lowest BCUT2D eigenvalue weighted by Crippen LogP contribution is -2.47. The van der Waals surface area contributed by atoms with Crippen LogP contribution in [0, 0.1) is 0 Å². The van der Waals surface area contributed by atoms with Crippen LogP contribution in [0.25, 0.3) is 0 Å². The second-order valence-electron chi connectivity index (χ2n) is 5.50. The standard InChI is InChI=1S/C15H22ClN3O3S/c1-3-23(20,21)14-7-12(6-13(16)8-14)9-18-15(17)19-4-5-22-11(2)10-19/h6-8,11H,3-5,9-10H2,1-2H3,(H2,17,18). The summed E-state index contributed by atoms with van der Waals surface area (Å²) in [7, 11) is -3.30. The van der Waals surface area contributed by atoms with Gasteiger partial charge in [0.05, 0.1) is 29.9 Å². The number of hydrogen-bond acceptors (Lipinski definition) is 4. The van der Waals surface area contributed by atoms with Crippen LogP contribution in [0.15, 0.2) is 28.1 Å². The zero-order chi connectivity index (χ0) is 17.0. The summed E-state index contributed by atoms with van der Waals surface area (Å²) in [6.07, 6.45) is 0.116. The van der Waals surface area contributed by atoms with Crippen LogP contribution in [0.3, 0.4) is 0 Å². The predicted octanol–water partition coefficient (Wildman–Crippen LogP) is 1.67. The van der Waals surface area contributed by atoms with Crippen LogP contribution in [-0.2, 0) is 21.1 Å². The average molecular weight is 360 g/mol. The van der Waals surface area contributed by atoms with Gasteiger partial charge in [-0.2, -0.15) is 0 Å². The maximum absolute atomic E-state index is 12.0. The highest BCUT2D eigenvalue weighted by Crippen LogP contribution is 2.21. The molecule has 1 heterocycles. The molecular formula is C15H22ClN3O3S. The van der Waals surface area contributed by atoms with E-state index in [4.69, 9.17) is 22.1 Å². The Labute approximate surface area is 142 Å². The Bertz CT molecular complexity index is 691. The van der Waals surface area contributed by atoms with Crippen molar-refractivity contribution in [3.63, 3.8) is 0 Å². The van der Waals surface area contributed by atoms with E-state index in [0.29, 0.717) is 36.2 Å². The molecule has 0 spiro atoms. The first-order valence-electron chi connectivity index (χ1n) is 7.50. The molecule has 0 saturated carbocycles. The molecule has 1 atom stereocenters. The molecular weight excluding hydrogens is 338 g/mol. The van der Waals surface area contributed by atoms with Gasteiger partial charge in [-0.25, -0.2) is 13.4 Å². The van der Waals surface area contributed by atoms with E-state index in [0.717, 1.165) is 0 Å². The lowest BCUT2D eigenvalue weighted by Gasteiger charge is -2.31. The molecule has 0 aromatic heterocycles. The third kappa shape index (κ3) is 4.83. The van der Waals surface area contributed by atoms with Crippen LogP contribution >= 0.6 is 11.6 Å². The first-order chi connectivity index (χ1) is 10.8. The van der Waals surface area contributed by atoms with Gasteiger partial charge in [0.25, 0.3) is 0 Å². The molecule has 1 aliphatic heterocycles. The molecule has 1 aliphatic rings. The van der Waals surface area contributed by atoms with Crippen LogP contribution in [-0.4, -0.2) is 50.8 Å². The Morgan fingerprint density at radius 3 is 2.87 bits per heavy atom. The van der Waals surface area contributed by atoms with Crippen LogP contribution < -0.4 is 5.73 Å². The number of sulfone groups is 1. The molecule has 128 valence electrons. The normalized spacial score (nSPS) is 19.9. The fraction of sp³-hybridized carbons (Fsp3) is 0.533. The lowest BCUT2D eigenvalue weighted by atomic mass is 10.2. The van der Waals surface area contributed by atoms with Gasteiger partial charge in [-0.05, 0) is 30.7 Å². The number of benzene rings is 1. The van der Waals surface area contributed by atoms with Crippen LogP contribution in [0.1, 0.15) is 19.4 Å². The Kier molecular flexibility index (Phi) is 5.89. The lowest BCUT2D eigenvalue weighted by molar-refractivity contribution is 0.00528. The highest BCUT2D eigenvalue weighted by Gasteiger charge is 2.18. The number of nitrogens with two attached hydrogens (primary N) is 1. The van der Waals surface area contributed by atoms with Crippen molar-refractivity contribution < 1.29 is 13.2 Å². The monoisotopic (exact) mass is 359 g/mol. The van der Waals surface area contributed by atoms with Crippen molar-refractivity contribution in [1.82, 2.24) is 4.90 Å². The SMILES string of the molecule is CCS(=O)(=O)c1cc(Cl)cc(CN=C(N)N2CCOC(C)C2)c1. The number of morpholine rings is 1. The molecule has 0 bridgehead atoms. The van der Waals surface area contributed by atoms with Crippen molar-refractivity contribution in [2.45, 2.75) is 31.4 Å². The van der Waals surface area contributed by atoms with Gasteiger partial charge in [-0.15, -0.1) is 0 Å². The Balaban J connectivity index is 2.15. The van der Waals surface area contributed by atoms with Crippen molar-refractivity contribution in [1.29, 1.82) is 0 Å². The van der Waals surface area contributed by atoms with Gasteiger partial charge < -0.3 is 15.4 Å². The molecule has 2 rings (SSSR count). The summed E-state index contributed by atoms with van der Waals surface area (Å²) in [5.41, 5.74) is 6.73. The zero-order valence-electron chi connectivity index (χ0n) is 13.3. The van der Waals surface area contributed by atoms with Crippen molar-refractivity contribution in [2.24, 2.45) is 10.7 Å². The third-order valence-corrected chi connectivity index (χ3v) is 5.59. The molecule has 2 N–H and O–H groups in total. The number of hydrogen-bond donors (Lipinski definition) is 1. The number of nitrogens with zero attached hydrogens (tertiary/aromatic N) is 2. The minimum absolute atomic E-state index is 0.0316. The van der Waals surface area contributed by atoms with Gasteiger partial charge in [0.15, 0.2) is 15.8 Å². The first-order valence-corrected chi connectivity index (χ1v) is 9.53. The Morgan fingerprint density at radius 1 is 1.48 bits per heavy atom. The summed E-state index contributed by atoms with van der Waals surface area (Å²) in [4.78, 5) is 6.53. The molecule has 1 aromatic rings. The maximum atomic E-state index is 12.0. The van der Waals surface area contributed by atoms with E-state index in [1.807, 2.05) is 11.8 Å². The molecule has 0 radical (unpaired) electrons. The number of ether oxygens (including phenoxy) is 1. The van der Waals surface area contributed by atoms with Gasteiger partial charge >= 0.3 is 0 Å². The van der Waals surface area contributed by atoms with E-state index in [9.17, 15) is 8.42 Å². The summed E-state index contributed by atoms with van der Waals surface area (Å²) < 4.78 is 29.4. The maximum Gasteiger partial charge on any atom is 0.191 e. The largest absolute Gasteiger partial charge is 0.375 e. The molecule has 0 amide bonds. The molecule has 6 nitrogen and oxygen atoms in total. The highest BCUT2D eigenvalue weighted by molar-refractivity contribution is 7.91. The van der Waals surface area contributed by atoms with Crippen molar-refractivity contribution in [2.75, 3.05) is 25.4 Å². The topological polar surface area (TPSA) is 85.0 Å². The summed E-state index contributed by atoms with van der Waals surface area (Å²) >= 11 is 6.03. The zero-order valence-corrected chi connectivity index (χ0v) is 14.9. The van der Waals surface area contributed by atoms with E-state index >= 15 is 0 Å². The molecule has 1 fully saturated rings. The van der Waals surface area contributed by atoms with Gasteiger partial charge in [-0.3, -0.25) is 0 Å². The van der Waals surface area contributed by atoms with Gasteiger partial charge in [-0.1, -0.05) is 18.5 Å². The van der Waals surface area contributed by atoms with Crippen molar-refractivity contribution >= 4 is 27.4 Å². The molecule has 0 aliphatic carbocycles. The quantitative estimate of drug-likeness (QED) is 0.653. The van der Waals surface area contributed by atoms with Gasteiger partial charge in [0, 0.05) is 18.1 Å². The van der Waals surface area contributed by atoms with E-state index < -0.39 is 9.84 Å². The average Bonchev–Trinajstić information content (AvgIpc) is 2.52. The number of rotatable bonds is 4. The van der Waals surface area contributed by atoms with Crippen LogP contribution in [0.4, 0.5) is 0 Å². The van der Waals surface area contributed by atoms with E-state index in [-0.39, 0.29) is 23.3 Å². The van der Waals surface area contributed by atoms with Crippen molar-refractivity contribution in [3.05, 3.63) is 28.8 Å². The minimum atomic E-state index is -3.30. The molecule has 23 heavy (non-hydrogen) atoms. The van der Waals surface area contributed by atoms with Gasteiger partial charge in [0.1, 0.15) is 0 Å². The van der Waals surface area contributed by atoms with Gasteiger partial charge in [0.2, 0.25) is 0 Å². The molecule has 8 heteroatoms. The number of halogens is 1.